The second-order valence-corrected chi connectivity index (χ2v) is 4.58. The summed E-state index contributed by atoms with van der Waals surface area (Å²) in [6, 6.07) is 8.22. The first-order valence-electron chi connectivity index (χ1n) is 6.71. The van der Waals surface area contributed by atoms with Crippen molar-refractivity contribution in [1.82, 2.24) is 4.90 Å². The van der Waals surface area contributed by atoms with Crippen LogP contribution in [0.3, 0.4) is 0 Å². The second kappa shape index (κ2) is 7.88. The van der Waals surface area contributed by atoms with Gasteiger partial charge in [0.25, 0.3) is 0 Å². The summed E-state index contributed by atoms with van der Waals surface area (Å²) in [5.74, 6) is 0.231. The van der Waals surface area contributed by atoms with Gasteiger partial charge in [0.05, 0.1) is 0 Å². The van der Waals surface area contributed by atoms with Gasteiger partial charge in [0.15, 0.2) is 0 Å². The second-order valence-electron chi connectivity index (χ2n) is 4.58. The predicted molar refractivity (Wildman–Crippen MR) is 75.2 cm³/mol. The zero-order chi connectivity index (χ0) is 13.4. The Morgan fingerprint density at radius 1 is 1.28 bits per heavy atom. The predicted octanol–water partition coefficient (Wildman–Crippen LogP) is 2.47. The fraction of sp³-hybridized carbons (Fsp3) is 0.533. The molecule has 0 aliphatic carbocycles. The molecular formula is C15H24N2O. The van der Waals surface area contributed by atoms with Crippen LogP contribution in [-0.4, -0.2) is 23.9 Å². The van der Waals surface area contributed by atoms with Crippen LogP contribution in [0.5, 0.6) is 0 Å². The maximum absolute atomic E-state index is 12.0. The van der Waals surface area contributed by atoms with E-state index in [0.717, 1.165) is 19.4 Å². The molecule has 0 atom stereocenters. The van der Waals surface area contributed by atoms with Crippen molar-refractivity contribution in [3.05, 3.63) is 35.4 Å². The molecule has 0 bridgehead atoms. The van der Waals surface area contributed by atoms with Gasteiger partial charge < -0.3 is 10.6 Å². The number of amides is 1. The van der Waals surface area contributed by atoms with Crippen molar-refractivity contribution in [1.29, 1.82) is 0 Å². The van der Waals surface area contributed by atoms with Gasteiger partial charge in [0.1, 0.15) is 0 Å². The van der Waals surface area contributed by atoms with Crippen molar-refractivity contribution in [2.24, 2.45) is 5.73 Å². The SMILES string of the molecule is CCN(Cc1ccccc1C)C(=O)CCCCN. The van der Waals surface area contributed by atoms with Gasteiger partial charge in [0, 0.05) is 19.5 Å². The van der Waals surface area contributed by atoms with Crippen LogP contribution >= 0.6 is 0 Å². The molecule has 1 amide bonds. The molecule has 2 N–H and O–H groups in total. The topological polar surface area (TPSA) is 46.3 Å². The highest BCUT2D eigenvalue weighted by atomic mass is 16.2. The normalized spacial score (nSPS) is 10.4. The van der Waals surface area contributed by atoms with Crippen LogP contribution < -0.4 is 5.73 Å². The lowest BCUT2D eigenvalue weighted by Crippen LogP contribution is -2.30. The van der Waals surface area contributed by atoms with Crippen molar-refractivity contribution in [2.75, 3.05) is 13.1 Å². The quantitative estimate of drug-likeness (QED) is 0.753. The first-order chi connectivity index (χ1) is 8.69. The zero-order valence-corrected chi connectivity index (χ0v) is 11.5. The largest absolute Gasteiger partial charge is 0.339 e. The molecule has 1 aromatic rings. The first kappa shape index (κ1) is 14.7. The van der Waals surface area contributed by atoms with E-state index in [9.17, 15) is 4.79 Å². The lowest BCUT2D eigenvalue weighted by molar-refractivity contribution is -0.131. The van der Waals surface area contributed by atoms with Gasteiger partial charge in [-0.15, -0.1) is 0 Å². The molecule has 3 nitrogen and oxygen atoms in total. The van der Waals surface area contributed by atoms with E-state index in [-0.39, 0.29) is 5.91 Å². The van der Waals surface area contributed by atoms with Crippen LogP contribution in [0, 0.1) is 6.92 Å². The molecule has 0 spiro atoms. The van der Waals surface area contributed by atoms with E-state index >= 15 is 0 Å². The van der Waals surface area contributed by atoms with E-state index < -0.39 is 0 Å². The minimum absolute atomic E-state index is 0.231. The van der Waals surface area contributed by atoms with Crippen LogP contribution in [0.2, 0.25) is 0 Å². The molecule has 1 aromatic carbocycles. The van der Waals surface area contributed by atoms with Crippen molar-refractivity contribution in [2.45, 2.75) is 39.7 Å². The molecular weight excluding hydrogens is 224 g/mol. The summed E-state index contributed by atoms with van der Waals surface area (Å²) in [5.41, 5.74) is 7.91. The van der Waals surface area contributed by atoms with Gasteiger partial charge in [-0.05, 0) is 44.4 Å². The molecule has 0 heterocycles. The van der Waals surface area contributed by atoms with Crippen molar-refractivity contribution < 1.29 is 4.79 Å². The molecule has 0 aliphatic rings. The summed E-state index contributed by atoms with van der Waals surface area (Å²) in [6.45, 7) is 6.25. The molecule has 3 heteroatoms. The highest BCUT2D eigenvalue weighted by Crippen LogP contribution is 2.12. The summed E-state index contributed by atoms with van der Waals surface area (Å²) >= 11 is 0. The monoisotopic (exact) mass is 248 g/mol. The summed E-state index contributed by atoms with van der Waals surface area (Å²) < 4.78 is 0. The number of hydrogen-bond donors (Lipinski definition) is 1. The molecule has 0 saturated heterocycles. The minimum Gasteiger partial charge on any atom is -0.339 e. The Balaban J connectivity index is 2.56. The average Bonchev–Trinajstić information content (AvgIpc) is 2.38. The van der Waals surface area contributed by atoms with Crippen LogP contribution in [0.1, 0.15) is 37.3 Å². The molecule has 0 aromatic heterocycles. The van der Waals surface area contributed by atoms with Gasteiger partial charge in [-0.2, -0.15) is 0 Å². The smallest absolute Gasteiger partial charge is 0.222 e. The number of carbonyl (C=O) groups is 1. The van der Waals surface area contributed by atoms with Gasteiger partial charge >= 0.3 is 0 Å². The number of carbonyl (C=O) groups excluding carboxylic acids is 1. The number of hydrogen-bond acceptors (Lipinski definition) is 2. The van der Waals surface area contributed by atoms with E-state index in [0.29, 0.717) is 19.5 Å². The third kappa shape index (κ3) is 4.49. The summed E-state index contributed by atoms with van der Waals surface area (Å²) in [6.07, 6.45) is 2.42. The average molecular weight is 248 g/mol. The number of nitrogens with zero attached hydrogens (tertiary/aromatic N) is 1. The van der Waals surface area contributed by atoms with E-state index in [1.54, 1.807) is 0 Å². The molecule has 0 aliphatic heterocycles. The van der Waals surface area contributed by atoms with Crippen molar-refractivity contribution in [3.63, 3.8) is 0 Å². The van der Waals surface area contributed by atoms with E-state index in [4.69, 9.17) is 5.73 Å². The maximum Gasteiger partial charge on any atom is 0.222 e. The first-order valence-corrected chi connectivity index (χ1v) is 6.71. The van der Waals surface area contributed by atoms with Crippen LogP contribution in [-0.2, 0) is 11.3 Å². The Hall–Kier alpha value is -1.35. The molecule has 100 valence electrons. The lowest BCUT2D eigenvalue weighted by atomic mass is 10.1. The summed E-state index contributed by atoms with van der Waals surface area (Å²) in [5, 5.41) is 0. The van der Waals surface area contributed by atoms with Gasteiger partial charge in [0.2, 0.25) is 5.91 Å². The van der Waals surface area contributed by atoms with Crippen molar-refractivity contribution in [3.8, 4) is 0 Å². The van der Waals surface area contributed by atoms with E-state index in [2.05, 4.69) is 19.1 Å². The molecule has 0 radical (unpaired) electrons. The highest BCUT2D eigenvalue weighted by Gasteiger charge is 2.12. The molecule has 0 fully saturated rings. The number of unbranched alkanes of at least 4 members (excludes halogenated alkanes) is 1. The van der Waals surface area contributed by atoms with Gasteiger partial charge in [-0.3, -0.25) is 4.79 Å². The Morgan fingerprint density at radius 3 is 2.61 bits per heavy atom. The fourth-order valence-electron chi connectivity index (χ4n) is 1.95. The molecule has 1 rings (SSSR count). The third-order valence-corrected chi connectivity index (χ3v) is 3.20. The van der Waals surface area contributed by atoms with Crippen LogP contribution in [0.4, 0.5) is 0 Å². The van der Waals surface area contributed by atoms with Gasteiger partial charge in [-0.25, -0.2) is 0 Å². The number of rotatable bonds is 7. The molecule has 0 unspecified atom stereocenters. The minimum atomic E-state index is 0.231. The standard InChI is InChI=1S/C15H24N2O/c1-3-17(15(18)10-6-7-11-16)12-14-9-5-4-8-13(14)2/h4-5,8-9H,3,6-7,10-12,16H2,1-2H3. The summed E-state index contributed by atoms with van der Waals surface area (Å²) in [4.78, 5) is 14.0. The highest BCUT2D eigenvalue weighted by molar-refractivity contribution is 5.76. The van der Waals surface area contributed by atoms with Crippen molar-refractivity contribution >= 4 is 5.91 Å². The Morgan fingerprint density at radius 2 is 2.00 bits per heavy atom. The summed E-state index contributed by atoms with van der Waals surface area (Å²) in [7, 11) is 0. The number of benzene rings is 1. The molecule has 0 saturated carbocycles. The van der Waals surface area contributed by atoms with E-state index in [1.807, 2.05) is 24.0 Å². The number of aryl methyl sites for hydroxylation is 1. The Labute approximate surface area is 110 Å². The van der Waals surface area contributed by atoms with Gasteiger partial charge in [-0.1, -0.05) is 24.3 Å². The van der Waals surface area contributed by atoms with Crippen LogP contribution in [0.15, 0.2) is 24.3 Å². The number of nitrogens with two attached hydrogens (primary N) is 1. The van der Waals surface area contributed by atoms with Crippen LogP contribution in [0.25, 0.3) is 0 Å². The Bertz CT molecular complexity index is 377. The lowest BCUT2D eigenvalue weighted by Gasteiger charge is -2.22. The maximum atomic E-state index is 12.0. The van der Waals surface area contributed by atoms with E-state index in [1.165, 1.54) is 11.1 Å². The fourth-order valence-corrected chi connectivity index (χ4v) is 1.95. The Kier molecular flexibility index (Phi) is 6.44. The zero-order valence-electron chi connectivity index (χ0n) is 11.5. The third-order valence-electron chi connectivity index (χ3n) is 3.20. The molecule has 18 heavy (non-hydrogen) atoms.